The Morgan fingerprint density at radius 1 is 1.09 bits per heavy atom. The molecule has 1 atom stereocenters. The number of ether oxygens (including phenoxy) is 2. The van der Waals surface area contributed by atoms with E-state index in [1.807, 2.05) is 13.2 Å². The summed E-state index contributed by atoms with van der Waals surface area (Å²) < 4.78 is 25.8. The van der Waals surface area contributed by atoms with Gasteiger partial charge < -0.3 is 9.47 Å². The van der Waals surface area contributed by atoms with Crippen LogP contribution in [0.15, 0.2) is 59.9 Å². The lowest BCUT2D eigenvalue weighted by Crippen LogP contribution is -2.47. The van der Waals surface area contributed by atoms with E-state index in [4.69, 9.17) is 9.47 Å². The first-order chi connectivity index (χ1) is 15.4. The van der Waals surface area contributed by atoms with Crippen molar-refractivity contribution in [1.29, 1.82) is 0 Å². The average molecular weight is 459 g/mol. The van der Waals surface area contributed by atoms with Crippen LogP contribution < -0.4 is 20.3 Å². The van der Waals surface area contributed by atoms with Gasteiger partial charge in [-0.1, -0.05) is 11.8 Å². The quantitative estimate of drug-likeness (QED) is 0.397. The highest BCUT2D eigenvalue weighted by atomic mass is 32.2. The number of nitrogens with zero attached hydrogens (tertiary/aromatic N) is 2. The molecule has 0 fully saturated rings. The molecular formula is C22H23FN4O4S. The number of hydrazine groups is 1. The van der Waals surface area contributed by atoms with Gasteiger partial charge in [-0.3, -0.25) is 25.0 Å². The molecule has 0 spiro atoms. The third-order valence-electron chi connectivity index (χ3n) is 4.35. The van der Waals surface area contributed by atoms with Crippen LogP contribution in [0.5, 0.6) is 11.5 Å². The van der Waals surface area contributed by atoms with Gasteiger partial charge in [0.05, 0.1) is 12.8 Å². The number of carbonyl (C=O) groups is 2. The molecule has 32 heavy (non-hydrogen) atoms. The van der Waals surface area contributed by atoms with Crippen molar-refractivity contribution in [3.63, 3.8) is 0 Å². The summed E-state index contributed by atoms with van der Waals surface area (Å²) in [4.78, 5) is 29.3. The molecular weight excluding hydrogens is 435 g/mol. The van der Waals surface area contributed by atoms with E-state index in [0.717, 1.165) is 0 Å². The number of aromatic nitrogens is 2. The second kappa shape index (κ2) is 10.7. The fourth-order valence-electron chi connectivity index (χ4n) is 2.80. The summed E-state index contributed by atoms with van der Waals surface area (Å²) >= 11 is 1.33. The Labute approximate surface area is 189 Å². The van der Waals surface area contributed by atoms with Crippen molar-refractivity contribution in [2.24, 2.45) is 0 Å². The van der Waals surface area contributed by atoms with Gasteiger partial charge in [0.15, 0.2) is 11.3 Å². The van der Waals surface area contributed by atoms with Crippen molar-refractivity contribution in [1.82, 2.24) is 20.4 Å². The lowest BCUT2D eigenvalue weighted by molar-refractivity contribution is -0.128. The van der Waals surface area contributed by atoms with E-state index in [-0.39, 0.29) is 11.5 Å². The van der Waals surface area contributed by atoms with E-state index in [1.54, 1.807) is 47.9 Å². The molecule has 0 saturated carbocycles. The molecule has 0 aliphatic carbocycles. The molecule has 168 valence electrons. The van der Waals surface area contributed by atoms with E-state index in [9.17, 15) is 14.0 Å². The molecule has 0 radical (unpaired) electrons. The van der Waals surface area contributed by atoms with Gasteiger partial charge in [0.1, 0.15) is 23.0 Å². The topological polar surface area (TPSA) is 94.5 Å². The summed E-state index contributed by atoms with van der Waals surface area (Å²) in [6.07, 6.45) is 2.33. The van der Waals surface area contributed by atoms with Crippen molar-refractivity contribution in [3.8, 4) is 17.2 Å². The van der Waals surface area contributed by atoms with Crippen LogP contribution in [0.1, 0.15) is 24.3 Å². The highest BCUT2D eigenvalue weighted by Gasteiger charge is 2.20. The highest BCUT2D eigenvalue weighted by molar-refractivity contribution is 7.98. The minimum absolute atomic E-state index is 0.182. The van der Waals surface area contributed by atoms with Crippen molar-refractivity contribution >= 4 is 23.6 Å². The zero-order valence-electron chi connectivity index (χ0n) is 17.8. The monoisotopic (exact) mass is 458 g/mol. The molecule has 0 bridgehead atoms. The summed E-state index contributed by atoms with van der Waals surface area (Å²) in [6.45, 7) is 4.00. The van der Waals surface area contributed by atoms with E-state index in [0.29, 0.717) is 28.9 Å². The van der Waals surface area contributed by atoms with E-state index in [1.165, 1.54) is 30.1 Å². The van der Waals surface area contributed by atoms with Gasteiger partial charge in [-0.05, 0) is 68.6 Å². The van der Waals surface area contributed by atoms with Gasteiger partial charge >= 0.3 is 0 Å². The number of carbonyl (C=O) groups excluding carboxylic acids is 2. The summed E-state index contributed by atoms with van der Waals surface area (Å²) in [5.41, 5.74) is 5.47. The first-order valence-electron chi connectivity index (χ1n) is 9.80. The summed E-state index contributed by atoms with van der Waals surface area (Å²) in [5, 5.41) is 0.542. The third kappa shape index (κ3) is 5.58. The lowest BCUT2D eigenvalue weighted by atomic mass is 10.3. The SMILES string of the molecule is CCOc1ccc(O[C@@H](C)C(=O)NNC(=O)c2cnc(SC)n2-c2ccc(F)cc2)cc1. The zero-order chi connectivity index (χ0) is 23.1. The number of benzene rings is 2. The molecule has 1 aromatic heterocycles. The molecule has 10 heteroatoms. The Balaban J connectivity index is 1.63. The maximum Gasteiger partial charge on any atom is 0.288 e. The first kappa shape index (κ1) is 23.1. The molecule has 0 saturated heterocycles. The van der Waals surface area contributed by atoms with Gasteiger partial charge in [0.2, 0.25) is 0 Å². The van der Waals surface area contributed by atoms with E-state index in [2.05, 4.69) is 15.8 Å². The van der Waals surface area contributed by atoms with Gasteiger partial charge in [-0.25, -0.2) is 9.37 Å². The molecule has 0 aliphatic rings. The number of rotatable bonds is 8. The number of thioether (sulfide) groups is 1. The zero-order valence-corrected chi connectivity index (χ0v) is 18.6. The standard InChI is InChI=1S/C22H23FN4O4S/c1-4-30-17-9-11-18(12-10-17)31-14(2)20(28)25-26-21(29)19-13-24-22(32-3)27(19)16-7-5-15(23)6-8-16/h5-14H,4H2,1-3H3,(H,25,28)(H,26,29)/t14-/m0/s1. The Morgan fingerprint density at radius 3 is 2.38 bits per heavy atom. The normalized spacial score (nSPS) is 11.5. The minimum atomic E-state index is -0.864. The maximum atomic E-state index is 13.3. The fourth-order valence-corrected chi connectivity index (χ4v) is 3.35. The molecule has 3 aromatic rings. The predicted octanol–water partition coefficient (Wildman–Crippen LogP) is 3.36. The Kier molecular flexibility index (Phi) is 7.72. The van der Waals surface area contributed by atoms with E-state index < -0.39 is 17.9 Å². The van der Waals surface area contributed by atoms with Crippen LogP contribution >= 0.6 is 11.8 Å². The number of imidazole rings is 1. The molecule has 2 aromatic carbocycles. The Morgan fingerprint density at radius 2 is 1.75 bits per heavy atom. The number of amides is 2. The predicted molar refractivity (Wildman–Crippen MR) is 119 cm³/mol. The van der Waals surface area contributed by atoms with Gasteiger partial charge in [-0.15, -0.1) is 0 Å². The molecule has 2 N–H and O–H groups in total. The van der Waals surface area contributed by atoms with Crippen LogP contribution in [0.3, 0.4) is 0 Å². The number of nitrogens with one attached hydrogen (secondary N) is 2. The van der Waals surface area contributed by atoms with Crippen molar-refractivity contribution in [3.05, 3.63) is 66.2 Å². The van der Waals surface area contributed by atoms with Crippen molar-refractivity contribution < 1.29 is 23.5 Å². The third-order valence-corrected chi connectivity index (χ3v) is 5.00. The molecule has 0 unspecified atom stereocenters. The highest BCUT2D eigenvalue weighted by Crippen LogP contribution is 2.22. The molecule has 2 amide bonds. The van der Waals surface area contributed by atoms with Crippen LogP contribution in [0, 0.1) is 5.82 Å². The molecule has 1 heterocycles. The number of hydrogen-bond acceptors (Lipinski definition) is 6. The van der Waals surface area contributed by atoms with E-state index >= 15 is 0 Å². The smallest absolute Gasteiger partial charge is 0.288 e. The molecule has 3 rings (SSSR count). The van der Waals surface area contributed by atoms with Crippen LogP contribution in [0.2, 0.25) is 0 Å². The van der Waals surface area contributed by atoms with Crippen LogP contribution in [0.4, 0.5) is 4.39 Å². The summed E-state index contributed by atoms with van der Waals surface area (Å²) in [5.74, 6) is -0.318. The molecule has 8 nitrogen and oxygen atoms in total. The largest absolute Gasteiger partial charge is 0.494 e. The van der Waals surface area contributed by atoms with Crippen LogP contribution in [0.25, 0.3) is 5.69 Å². The fraction of sp³-hybridized carbons (Fsp3) is 0.227. The van der Waals surface area contributed by atoms with Crippen LogP contribution in [-0.4, -0.2) is 40.3 Å². The minimum Gasteiger partial charge on any atom is -0.494 e. The summed E-state index contributed by atoms with van der Waals surface area (Å²) in [7, 11) is 0. The molecule has 0 aliphatic heterocycles. The first-order valence-corrected chi connectivity index (χ1v) is 11.0. The van der Waals surface area contributed by atoms with Crippen molar-refractivity contribution in [2.45, 2.75) is 25.1 Å². The average Bonchev–Trinajstić information content (AvgIpc) is 3.23. The van der Waals surface area contributed by atoms with Gasteiger partial charge in [-0.2, -0.15) is 0 Å². The maximum absolute atomic E-state index is 13.3. The van der Waals surface area contributed by atoms with Crippen molar-refractivity contribution in [2.75, 3.05) is 12.9 Å². The van der Waals surface area contributed by atoms with Gasteiger partial charge in [0.25, 0.3) is 11.8 Å². The Bertz CT molecular complexity index is 1070. The number of halogens is 1. The summed E-state index contributed by atoms with van der Waals surface area (Å²) in [6, 6.07) is 12.5. The Hall–Kier alpha value is -3.53. The second-order valence-corrected chi connectivity index (χ2v) is 7.32. The second-order valence-electron chi connectivity index (χ2n) is 6.55. The van der Waals surface area contributed by atoms with Crippen LogP contribution in [-0.2, 0) is 4.79 Å². The van der Waals surface area contributed by atoms with Gasteiger partial charge in [0, 0.05) is 5.69 Å². The lowest BCUT2D eigenvalue weighted by Gasteiger charge is -2.16. The number of hydrogen-bond donors (Lipinski definition) is 2.